The highest BCUT2D eigenvalue weighted by atomic mass is 32.1. The molecule has 7 heteroatoms. The van der Waals surface area contributed by atoms with Gasteiger partial charge in [-0.3, -0.25) is 4.79 Å². The molecule has 0 saturated carbocycles. The number of carbonyl (C=O) groups is 1. The van der Waals surface area contributed by atoms with Crippen molar-refractivity contribution in [2.45, 2.75) is 13.5 Å². The fraction of sp³-hybridized carbons (Fsp3) is 0.238. The fourth-order valence-electron chi connectivity index (χ4n) is 3.06. The van der Waals surface area contributed by atoms with E-state index < -0.39 is 5.91 Å². The molecule has 0 spiro atoms. The zero-order valence-electron chi connectivity index (χ0n) is 15.7. The van der Waals surface area contributed by atoms with Gasteiger partial charge in [-0.25, -0.2) is 0 Å². The number of amides is 1. The SMILES string of the molecule is CCOc1cccc2cc(C(=O)N=c3sc4ccccc4n3CCOC)oc12. The molecule has 0 saturated heterocycles. The molecular formula is C21H20N2O4S. The van der Waals surface area contributed by atoms with Gasteiger partial charge in [0, 0.05) is 19.0 Å². The number of benzene rings is 2. The number of hydrogen-bond donors (Lipinski definition) is 0. The molecule has 0 aliphatic rings. The first kappa shape index (κ1) is 18.5. The van der Waals surface area contributed by atoms with Crippen LogP contribution in [0.4, 0.5) is 0 Å². The molecule has 0 atom stereocenters. The van der Waals surface area contributed by atoms with Crippen molar-refractivity contribution in [3.63, 3.8) is 0 Å². The summed E-state index contributed by atoms with van der Waals surface area (Å²) in [4.78, 5) is 17.8. The van der Waals surface area contributed by atoms with Crippen molar-refractivity contribution >= 4 is 38.4 Å². The molecule has 0 fully saturated rings. The van der Waals surface area contributed by atoms with Crippen LogP contribution >= 0.6 is 11.3 Å². The molecule has 0 N–H and O–H groups in total. The Kier molecular flexibility index (Phi) is 5.27. The van der Waals surface area contributed by atoms with Gasteiger partial charge in [0.25, 0.3) is 0 Å². The highest BCUT2D eigenvalue weighted by molar-refractivity contribution is 7.16. The third kappa shape index (κ3) is 3.46. The van der Waals surface area contributed by atoms with Crippen molar-refractivity contribution in [2.75, 3.05) is 20.3 Å². The maximum atomic E-state index is 12.8. The summed E-state index contributed by atoms with van der Waals surface area (Å²) in [6.45, 7) is 3.57. The lowest BCUT2D eigenvalue weighted by atomic mass is 10.2. The second-order valence-corrected chi connectivity index (χ2v) is 7.14. The third-order valence-corrected chi connectivity index (χ3v) is 5.38. The van der Waals surface area contributed by atoms with E-state index in [1.165, 1.54) is 11.3 Å². The van der Waals surface area contributed by atoms with Gasteiger partial charge in [-0.1, -0.05) is 35.6 Å². The normalized spacial score (nSPS) is 12.1. The lowest BCUT2D eigenvalue weighted by Crippen LogP contribution is -2.19. The Morgan fingerprint density at radius 1 is 1.21 bits per heavy atom. The van der Waals surface area contributed by atoms with Crippen LogP contribution in [0, 0.1) is 0 Å². The van der Waals surface area contributed by atoms with Gasteiger partial charge in [0.05, 0.1) is 23.4 Å². The van der Waals surface area contributed by atoms with Crippen molar-refractivity contribution in [3.8, 4) is 5.75 Å². The van der Waals surface area contributed by atoms with E-state index in [-0.39, 0.29) is 5.76 Å². The van der Waals surface area contributed by atoms with Crippen molar-refractivity contribution in [3.05, 3.63) is 59.1 Å². The molecule has 4 rings (SSSR count). The molecule has 144 valence electrons. The molecular weight excluding hydrogens is 376 g/mol. The number of nitrogens with zero attached hydrogens (tertiary/aromatic N) is 2. The van der Waals surface area contributed by atoms with Crippen LogP contribution < -0.4 is 9.54 Å². The fourth-order valence-corrected chi connectivity index (χ4v) is 4.11. The van der Waals surface area contributed by atoms with E-state index in [9.17, 15) is 4.79 Å². The summed E-state index contributed by atoms with van der Waals surface area (Å²) in [6.07, 6.45) is 0. The molecule has 2 aromatic carbocycles. The summed E-state index contributed by atoms with van der Waals surface area (Å²) in [5.41, 5.74) is 1.59. The van der Waals surface area contributed by atoms with Crippen molar-refractivity contribution in [1.82, 2.24) is 4.57 Å². The number of methoxy groups -OCH3 is 1. The van der Waals surface area contributed by atoms with Gasteiger partial charge < -0.3 is 18.5 Å². The summed E-state index contributed by atoms with van der Waals surface area (Å²) in [7, 11) is 1.65. The lowest BCUT2D eigenvalue weighted by molar-refractivity contribution is 0.0973. The van der Waals surface area contributed by atoms with Crippen molar-refractivity contribution in [1.29, 1.82) is 0 Å². The standard InChI is InChI=1S/C21H20N2O4S/c1-3-26-16-9-6-7-14-13-17(27-19(14)16)20(24)22-21-23(11-12-25-2)15-8-4-5-10-18(15)28-21/h4-10,13H,3,11-12H2,1-2H3. The quantitative estimate of drug-likeness (QED) is 0.489. The second kappa shape index (κ2) is 8.00. The molecule has 0 radical (unpaired) electrons. The highest BCUT2D eigenvalue weighted by Gasteiger charge is 2.15. The van der Waals surface area contributed by atoms with E-state index in [1.807, 2.05) is 54.0 Å². The Labute approximate surface area is 165 Å². The Morgan fingerprint density at radius 3 is 2.89 bits per heavy atom. The monoisotopic (exact) mass is 396 g/mol. The number of thiazole rings is 1. The molecule has 1 amide bonds. The van der Waals surface area contributed by atoms with E-state index >= 15 is 0 Å². The molecule has 0 bridgehead atoms. The molecule has 0 unspecified atom stereocenters. The first-order valence-electron chi connectivity index (χ1n) is 9.03. The Bertz CT molecular complexity index is 1200. The van der Waals surface area contributed by atoms with E-state index in [1.54, 1.807) is 13.2 Å². The third-order valence-electron chi connectivity index (χ3n) is 4.32. The van der Waals surface area contributed by atoms with Crippen molar-refractivity contribution in [2.24, 2.45) is 4.99 Å². The predicted octanol–water partition coefficient (Wildman–Crippen LogP) is 4.24. The number of fused-ring (bicyclic) bond motifs is 2. The zero-order chi connectivity index (χ0) is 19.5. The number of ether oxygens (including phenoxy) is 2. The average molecular weight is 396 g/mol. The number of aromatic nitrogens is 1. The number of hydrogen-bond acceptors (Lipinski definition) is 5. The highest BCUT2D eigenvalue weighted by Crippen LogP contribution is 2.29. The van der Waals surface area contributed by atoms with Crippen LogP contribution in [0.3, 0.4) is 0 Å². The molecule has 0 aliphatic heterocycles. The minimum atomic E-state index is -0.420. The van der Waals surface area contributed by atoms with Crippen LogP contribution in [0.25, 0.3) is 21.2 Å². The first-order valence-corrected chi connectivity index (χ1v) is 9.84. The minimum Gasteiger partial charge on any atom is -0.490 e. The van der Waals surface area contributed by atoms with E-state index in [0.717, 1.165) is 15.6 Å². The summed E-state index contributed by atoms with van der Waals surface area (Å²) >= 11 is 1.47. The Balaban J connectivity index is 1.78. The predicted molar refractivity (Wildman–Crippen MR) is 109 cm³/mol. The topological polar surface area (TPSA) is 66.0 Å². The van der Waals surface area contributed by atoms with Crippen LogP contribution in [0.2, 0.25) is 0 Å². The maximum absolute atomic E-state index is 12.8. The van der Waals surface area contributed by atoms with Crippen LogP contribution in [-0.2, 0) is 11.3 Å². The second-order valence-electron chi connectivity index (χ2n) is 6.13. The first-order chi connectivity index (χ1) is 13.7. The van der Waals surface area contributed by atoms with Gasteiger partial charge >= 0.3 is 5.91 Å². The molecule has 0 aliphatic carbocycles. The molecule has 2 heterocycles. The smallest absolute Gasteiger partial charge is 0.315 e. The van der Waals surface area contributed by atoms with E-state index in [2.05, 4.69) is 4.99 Å². The number of rotatable bonds is 6. The summed E-state index contributed by atoms with van der Waals surface area (Å²) in [5, 5.41) is 0.813. The number of para-hydroxylation sites is 2. The molecule has 28 heavy (non-hydrogen) atoms. The molecule has 6 nitrogen and oxygen atoms in total. The summed E-state index contributed by atoms with van der Waals surface area (Å²) in [6, 6.07) is 15.3. The Morgan fingerprint density at radius 2 is 2.07 bits per heavy atom. The minimum absolute atomic E-state index is 0.193. The van der Waals surface area contributed by atoms with Gasteiger partial charge in [0.15, 0.2) is 21.9 Å². The van der Waals surface area contributed by atoms with Crippen LogP contribution in [-0.4, -0.2) is 30.8 Å². The van der Waals surface area contributed by atoms with Crippen molar-refractivity contribution < 1.29 is 18.7 Å². The van der Waals surface area contributed by atoms with Crippen LogP contribution in [0.5, 0.6) is 5.75 Å². The number of carbonyl (C=O) groups excluding carboxylic acids is 1. The van der Waals surface area contributed by atoms with Crippen LogP contribution in [0.1, 0.15) is 17.5 Å². The van der Waals surface area contributed by atoms with E-state index in [4.69, 9.17) is 13.9 Å². The van der Waals surface area contributed by atoms with Gasteiger partial charge in [-0.05, 0) is 31.2 Å². The van der Waals surface area contributed by atoms with Crippen LogP contribution in [0.15, 0.2) is 57.9 Å². The Hall–Kier alpha value is -2.90. The van der Waals surface area contributed by atoms with Gasteiger partial charge in [0.1, 0.15) is 0 Å². The summed E-state index contributed by atoms with van der Waals surface area (Å²) < 4.78 is 19.6. The van der Waals surface area contributed by atoms with Gasteiger partial charge in [-0.15, -0.1) is 0 Å². The maximum Gasteiger partial charge on any atom is 0.315 e. The van der Waals surface area contributed by atoms with E-state index in [0.29, 0.717) is 35.9 Å². The zero-order valence-corrected chi connectivity index (χ0v) is 16.5. The largest absolute Gasteiger partial charge is 0.490 e. The average Bonchev–Trinajstić information content (AvgIpc) is 3.28. The lowest BCUT2D eigenvalue weighted by Gasteiger charge is -2.03. The molecule has 2 aromatic heterocycles. The van der Waals surface area contributed by atoms with Gasteiger partial charge in [0.2, 0.25) is 0 Å². The number of furan rings is 1. The van der Waals surface area contributed by atoms with Gasteiger partial charge in [-0.2, -0.15) is 4.99 Å². The summed E-state index contributed by atoms with van der Waals surface area (Å²) in [5.74, 6) is 0.394. The molecule has 4 aromatic rings.